The summed E-state index contributed by atoms with van der Waals surface area (Å²) in [5.41, 5.74) is 0. The molecule has 1 N–H and O–H groups in total. The van der Waals surface area contributed by atoms with E-state index in [4.69, 9.17) is 9.47 Å². The summed E-state index contributed by atoms with van der Waals surface area (Å²) in [4.78, 5) is 2.45. The van der Waals surface area contributed by atoms with Gasteiger partial charge in [0.05, 0.1) is 31.5 Å². The Morgan fingerprint density at radius 1 is 1.28 bits per heavy atom. The molecule has 106 valence electrons. The van der Waals surface area contributed by atoms with Crippen molar-refractivity contribution < 1.29 is 14.6 Å². The molecule has 1 saturated heterocycles. The number of nitrogens with zero attached hydrogens (tertiary/aromatic N) is 1. The van der Waals surface area contributed by atoms with Gasteiger partial charge in [0, 0.05) is 19.1 Å². The lowest BCUT2D eigenvalue weighted by atomic mass is 9.95. The van der Waals surface area contributed by atoms with Crippen LogP contribution in [-0.4, -0.2) is 60.7 Å². The van der Waals surface area contributed by atoms with Crippen molar-refractivity contribution in [1.29, 1.82) is 0 Å². The van der Waals surface area contributed by atoms with E-state index in [-0.39, 0.29) is 12.2 Å². The third-order valence-corrected chi connectivity index (χ3v) is 4.06. The van der Waals surface area contributed by atoms with Crippen LogP contribution < -0.4 is 0 Å². The molecule has 0 spiro atoms. The highest BCUT2D eigenvalue weighted by Gasteiger charge is 2.25. The first-order valence-electron chi connectivity index (χ1n) is 7.30. The zero-order valence-corrected chi connectivity index (χ0v) is 11.7. The maximum Gasteiger partial charge on any atom is 0.0935 e. The van der Waals surface area contributed by atoms with Gasteiger partial charge in [-0.25, -0.2) is 0 Å². The summed E-state index contributed by atoms with van der Waals surface area (Å²) < 4.78 is 11.7. The minimum atomic E-state index is -0.104. The van der Waals surface area contributed by atoms with E-state index < -0.39 is 0 Å². The largest absolute Gasteiger partial charge is 0.393 e. The Morgan fingerprint density at radius 3 is 2.67 bits per heavy atom. The van der Waals surface area contributed by atoms with E-state index >= 15 is 0 Å². The molecule has 0 amide bonds. The SMILES string of the molecule is CC(C)N1CCOC(COC2CCC(O)CC2)C1. The average molecular weight is 257 g/mol. The molecule has 1 saturated carbocycles. The average Bonchev–Trinajstić information content (AvgIpc) is 2.38. The number of morpholine rings is 1. The first-order chi connectivity index (χ1) is 8.65. The molecule has 1 heterocycles. The molecular formula is C14H27NO3. The smallest absolute Gasteiger partial charge is 0.0935 e. The highest BCUT2D eigenvalue weighted by Crippen LogP contribution is 2.21. The van der Waals surface area contributed by atoms with Crippen LogP contribution in [0.1, 0.15) is 39.5 Å². The van der Waals surface area contributed by atoms with Crippen LogP contribution in [0.2, 0.25) is 0 Å². The van der Waals surface area contributed by atoms with Crippen molar-refractivity contribution in [2.24, 2.45) is 0 Å². The standard InChI is InChI=1S/C14H27NO3/c1-11(2)15-7-8-17-14(9-15)10-18-13-5-3-12(16)4-6-13/h11-14,16H,3-10H2,1-2H3. The van der Waals surface area contributed by atoms with Crippen molar-refractivity contribution >= 4 is 0 Å². The van der Waals surface area contributed by atoms with E-state index in [1.165, 1.54) is 0 Å². The second kappa shape index (κ2) is 6.85. The number of ether oxygens (including phenoxy) is 2. The maximum atomic E-state index is 9.45. The molecule has 4 heteroatoms. The van der Waals surface area contributed by atoms with Gasteiger partial charge in [-0.05, 0) is 39.5 Å². The Morgan fingerprint density at radius 2 is 2.00 bits per heavy atom. The Bertz CT molecular complexity index is 239. The molecule has 1 aliphatic carbocycles. The van der Waals surface area contributed by atoms with E-state index in [1.54, 1.807) is 0 Å². The Kier molecular flexibility index (Phi) is 5.42. The predicted molar refractivity (Wildman–Crippen MR) is 70.7 cm³/mol. The summed E-state index contributed by atoms with van der Waals surface area (Å²) >= 11 is 0. The zero-order chi connectivity index (χ0) is 13.0. The van der Waals surface area contributed by atoms with Gasteiger partial charge in [-0.1, -0.05) is 0 Å². The molecule has 18 heavy (non-hydrogen) atoms. The molecule has 1 unspecified atom stereocenters. The van der Waals surface area contributed by atoms with Gasteiger partial charge in [-0.15, -0.1) is 0 Å². The van der Waals surface area contributed by atoms with Gasteiger partial charge in [0.1, 0.15) is 0 Å². The molecule has 2 rings (SSSR count). The van der Waals surface area contributed by atoms with Crippen LogP contribution in [0.5, 0.6) is 0 Å². The van der Waals surface area contributed by atoms with E-state index in [9.17, 15) is 5.11 Å². The van der Waals surface area contributed by atoms with E-state index in [0.29, 0.717) is 18.8 Å². The van der Waals surface area contributed by atoms with E-state index in [0.717, 1.165) is 45.4 Å². The summed E-state index contributed by atoms with van der Waals surface area (Å²) in [6.07, 6.45) is 4.18. The molecular weight excluding hydrogens is 230 g/mol. The highest BCUT2D eigenvalue weighted by atomic mass is 16.5. The van der Waals surface area contributed by atoms with Gasteiger partial charge in [-0.3, -0.25) is 4.90 Å². The summed E-state index contributed by atoms with van der Waals surface area (Å²) in [6, 6.07) is 0.584. The van der Waals surface area contributed by atoms with Gasteiger partial charge < -0.3 is 14.6 Å². The number of rotatable bonds is 4. The zero-order valence-electron chi connectivity index (χ0n) is 11.7. The Balaban J connectivity index is 1.67. The van der Waals surface area contributed by atoms with Crippen molar-refractivity contribution in [2.45, 2.75) is 63.9 Å². The molecule has 2 aliphatic rings. The van der Waals surface area contributed by atoms with Gasteiger partial charge in [0.15, 0.2) is 0 Å². The van der Waals surface area contributed by atoms with Crippen LogP contribution in [0.15, 0.2) is 0 Å². The van der Waals surface area contributed by atoms with Gasteiger partial charge in [-0.2, -0.15) is 0 Å². The van der Waals surface area contributed by atoms with Crippen LogP contribution in [0.3, 0.4) is 0 Å². The van der Waals surface area contributed by atoms with Crippen LogP contribution in [-0.2, 0) is 9.47 Å². The first kappa shape index (κ1) is 14.3. The third kappa shape index (κ3) is 4.19. The van der Waals surface area contributed by atoms with Crippen molar-refractivity contribution in [2.75, 3.05) is 26.3 Å². The summed E-state index contributed by atoms with van der Waals surface area (Å²) in [5.74, 6) is 0. The van der Waals surface area contributed by atoms with Crippen molar-refractivity contribution in [3.63, 3.8) is 0 Å². The summed E-state index contributed by atoms with van der Waals surface area (Å²) in [6.45, 7) is 7.98. The first-order valence-corrected chi connectivity index (χ1v) is 7.30. The van der Waals surface area contributed by atoms with Crippen LogP contribution >= 0.6 is 0 Å². The van der Waals surface area contributed by atoms with Gasteiger partial charge in [0.25, 0.3) is 0 Å². The molecule has 0 aromatic carbocycles. The van der Waals surface area contributed by atoms with Crippen LogP contribution in [0, 0.1) is 0 Å². The normalized spacial score (nSPS) is 35.0. The van der Waals surface area contributed by atoms with E-state index in [1.807, 2.05) is 0 Å². The molecule has 0 radical (unpaired) electrons. The predicted octanol–water partition coefficient (Wildman–Crippen LogP) is 1.42. The quantitative estimate of drug-likeness (QED) is 0.827. The fraction of sp³-hybridized carbons (Fsp3) is 1.00. The van der Waals surface area contributed by atoms with Crippen LogP contribution in [0.25, 0.3) is 0 Å². The third-order valence-electron chi connectivity index (χ3n) is 4.06. The minimum absolute atomic E-state index is 0.104. The minimum Gasteiger partial charge on any atom is -0.393 e. The molecule has 0 aromatic heterocycles. The number of hydrogen-bond acceptors (Lipinski definition) is 4. The fourth-order valence-corrected chi connectivity index (χ4v) is 2.77. The Labute approximate surface area is 110 Å². The summed E-state index contributed by atoms with van der Waals surface area (Å²) in [7, 11) is 0. The van der Waals surface area contributed by atoms with Crippen LogP contribution in [0.4, 0.5) is 0 Å². The van der Waals surface area contributed by atoms with Gasteiger partial charge in [0.2, 0.25) is 0 Å². The lowest BCUT2D eigenvalue weighted by Crippen LogP contribution is -2.47. The lowest BCUT2D eigenvalue weighted by molar-refractivity contribution is -0.0992. The molecule has 0 aromatic rings. The Hall–Kier alpha value is -0.160. The fourth-order valence-electron chi connectivity index (χ4n) is 2.77. The molecule has 1 atom stereocenters. The molecule has 0 bridgehead atoms. The van der Waals surface area contributed by atoms with Crippen molar-refractivity contribution in [1.82, 2.24) is 4.90 Å². The van der Waals surface area contributed by atoms with E-state index in [2.05, 4.69) is 18.7 Å². The second-order valence-electron chi connectivity index (χ2n) is 5.85. The molecule has 2 fully saturated rings. The monoisotopic (exact) mass is 257 g/mol. The number of aliphatic hydroxyl groups is 1. The molecule has 1 aliphatic heterocycles. The van der Waals surface area contributed by atoms with Crippen molar-refractivity contribution in [3.8, 4) is 0 Å². The lowest BCUT2D eigenvalue weighted by Gasteiger charge is -2.36. The number of aliphatic hydroxyl groups excluding tert-OH is 1. The second-order valence-corrected chi connectivity index (χ2v) is 5.85. The molecule has 4 nitrogen and oxygen atoms in total. The number of hydrogen-bond donors (Lipinski definition) is 1. The summed E-state index contributed by atoms with van der Waals surface area (Å²) in [5, 5.41) is 9.45. The maximum absolute atomic E-state index is 9.45. The van der Waals surface area contributed by atoms with Crippen molar-refractivity contribution in [3.05, 3.63) is 0 Å². The topological polar surface area (TPSA) is 41.9 Å². The highest BCUT2D eigenvalue weighted by molar-refractivity contribution is 4.76. The van der Waals surface area contributed by atoms with Gasteiger partial charge >= 0.3 is 0 Å².